The van der Waals surface area contributed by atoms with Crippen molar-refractivity contribution in [1.82, 2.24) is 9.97 Å². The molecule has 1 aromatic heterocycles. The van der Waals surface area contributed by atoms with Gasteiger partial charge in [-0.3, -0.25) is 4.72 Å². The Kier molecular flexibility index (Phi) is 4.32. The number of hydrogen-bond acceptors (Lipinski definition) is 5. The molecule has 0 bridgehead atoms. The van der Waals surface area contributed by atoms with Crippen LogP contribution in [0.3, 0.4) is 0 Å². The van der Waals surface area contributed by atoms with E-state index < -0.39 is 10.0 Å². The largest absolute Gasteiger partial charge is 0.424 e. The van der Waals surface area contributed by atoms with Gasteiger partial charge in [-0.05, 0) is 24.3 Å². The van der Waals surface area contributed by atoms with Crippen LogP contribution in [0.15, 0.2) is 30.3 Å². The molecule has 0 atom stereocenters. The van der Waals surface area contributed by atoms with E-state index in [0.29, 0.717) is 11.4 Å². The number of sulfonamides is 1. The molecule has 0 saturated heterocycles. The van der Waals surface area contributed by atoms with Crippen LogP contribution in [0.4, 0.5) is 5.69 Å². The molecule has 1 aromatic carbocycles. The van der Waals surface area contributed by atoms with E-state index >= 15 is 0 Å². The molecule has 0 amide bonds. The predicted octanol–water partition coefficient (Wildman–Crippen LogP) is 2.95. The fourth-order valence-electron chi connectivity index (χ4n) is 1.33. The molecule has 0 fully saturated rings. The van der Waals surface area contributed by atoms with E-state index in [-0.39, 0.29) is 16.3 Å². The van der Waals surface area contributed by atoms with E-state index in [9.17, 15) is 8.42 Å². The molecule has 1 N–H and O–H groups in total. The third-order valence-electron chi connectivity index (χ3n) is 2.01. The van der Waals surface area contributed by atoms with Gasteiger partial charge in [0.2, 0.25) is 10.0 Å². The highest BCUT2D eigenvalue weighted by Crippen LogP contribution is 2.23. The number of halogens is 2. The van der Waals surface area contributed by atoms with Gasteiger partial charge < -0.3 is 4.74 Å². The molecule has 6 nitrogen and oxygen atoms in total. The number of anilines is 1. The SMILES string of the molecule is CS(=O)(=O)Nc1ccc(Oc2nc(Cl)cc(Cl)n2)cc1. The van der Waals surface area contributed by atoms with Crippen LogP contribution >= 0.6 is 23.2 Å². The number of ether oxygens (including phenoxy) is 1. The number of rotatable bonds is 4. The van der Waals surface area contributed by atoms with Crippen LogP contribution in [0.2, 0.25) is 10.3 Å². The van der Waals surface area contributed by atoms with E-state index in [1.807, 2.05) is 0 Å². The molecule has 1 heterocycles. The van der Waals surface area contributed by atoms with Gasteiger partial charge in [-0.2, -0.15) is 9.97 Å². The van der Waals surface area contributed by atoms with Crippen molar-refractivity contribution in [1.29, 1.82) is 0 Å². The van der Waals surface area contributed by atoms with Gasteiger partial charge in [0.1, 0.15) is 16.1 Å². The van der Waals surface area contributed by atoms with E-state index in [1.54, 1.807) is 24.3 Å². The minimum absolute atomic E-state index is 0.00585. The second-order valence-corrected chi connectivity index (χ2v) is 6.32. The first-order valence-corrected chi connectivity index (χ1v) is 7.92. The number of benzene rings is 1. The van der Waals surface area contributed by atoms with Crippen LogP contribution in [0.1, 0.15) is 0 Å². The van der Waals surface area contributed by atoms with Gasteiger partial charge in [0.25, 0.3) is 0 Å². The monoisotopic (exact) mass is 333 g/mol. The standard InChI is InChI=1S/C11H9Cl2N3O3S/c1-20(17,18)16-7-2-4-8(5-3-7)19-11-14-9(12)6-10(13)15-11/h2-6,16H,1H3. The van der Waals surface area contributed by atoms with Crippen molar-refractivity contribution >= 4 is 38.9 Å². The zero-order valence-electron chi connectivity index (χ0n) is 10.2. The maximum atomic E-state index is 11.1. The smallest absolute Gasteiger partial charge is 0.324 e. The zero-order chi connectivity index (χ0) is 14.8. The van der Waals surface area contributed by atoms with Crippen LogP contribution in [0.25, 0.3) is 0 Å². The van der Waals surface area contributed by atoms with Gasteiger partial charge in [-0.1, -0.05) is 23.2 Å². The van der Waals surface area contributed by atoms with E-state index in [1.165, 1.54) is 6.07 Å². The molecule has 20 heavy (non-hydrogen) atoms. The summed E-state index contributed by atoms with van der Waals surface area (Å²) in [4.78, 5) is 7.69. The molecule has 0 unspecified atom stereocenters. The zero-order valence-corrected chi connectivity index (χ0v) is 12.5. The van der Waals surface area contributed by atoms with Crippen LogP contribution in [0, 0.1) is 0 Å². The first-order valence-electron chi connectivity index (χ1n) is 5.28. The van der Waals surface area contributed by atoms with E-state index in [2.05, 4.69) is 14.7 Å². The normalized spacial score (nSPS) is 11.2. The van der Waals surface area contributed by atoms with Crippen molar-refractivity contribution in [2.24, 2.45) is 0 Å². The Morgan fingerprint density at radius 3 is 2.15 bits per heavy atom. The predicted molar refractivity (Wildman–Crippen MR) is 77.0 cm³/mol. The lowest BCUT2D eigenvalue weighted by atomic mass is 10.3. The molecule has 0 radical (unpaired) electrons. The highest BCUT2D eigenvalue weighted by molar-refractivity contribution is 7.92. The quantitative estimate of drug-likeness (QED) is 0.870. The fraction of sp³-hybridized carbons (Fsp3) is 0.0909. The van der Waals surface area contributed by atoms with E-state index in [4.69, 9.17) is 27.9 Å². The molecular weight excluding hydrogens is 325 g/mol. The van der Waals surface area contributed by atoms with Crippen molar-refractivity contribution in [3.8, 4) is 11.8 Å². The Hall–Kier alpha value is -1.57. The Labute approximate surface area is 125 Å². The summed E-state index contributed by atoms with van der Waals surface area (Å²) in [5, 5.41) is 0.325. The number of nitrogens with zero attached hydrogens (tertiary/aromatic N) is 2. The van der Waals surface area contributed by atoms with Crippen molar-refractivity contribution in [3.63, 3.8) is 0 Å². The highest BCUT2D eigenvalue weighted by atomic mass is 35.5. The molecule has 0 aliphatic heterocycles. The fourth-order valence-corrected chi connectivity index (χ4v) is 2.30. The van der Waals surface area contributed by atoms with Crippen LogP contribution in [-0.2, 0) is 10.0 Å². The summed E-state index contributed by atoms with van der Waals surface area (Å²) in [6.45, 7) is 0. The Morgan fingerprint density at radius 2 is 1.65 bits per heavy atom. The summed E-state index contributed by atoms with van der Waals surface area (Å²) in [7, 11) is -3.31. The second kappa shape index (κ2) is 5.82. The summed E-state index contributed by atoms with van der Waals surface area (Å²) in [6, 6.07) is 7.60. The minimum atomic E-state index is -3.31. The molecule has 0 spiro atoms. The minimum Gasteiger partial charge on any atom is -0.424 e. The lowest BCUT2D eigenvalue weighted by Gasteiger charge is -2.06. The van der Waals surface area contributed by atoms with Gasteiger partial charge in [-0.25, -0.2) is 8.42 Å². The third-order valence-corrected chi connectivity index (χ3v) is 3.00. The number of nitrogens with one attached hydrogen (secondary N) is 1. The summed E-state index contributed by atoms with van der Waals surface area (Å²) < 4.78 is 29.8. The van der Waals surface area contributed by atoms with Gasteiger partial charge in [-0.15, -0.1) is 0 Å². The molecule has 106 valence electrons. The van der Waals surface area contributed by atoms with Crippen molar-refractivity contribution < 1.29 is 13.2 Å². The summed E-state index contributed by atoms with van der Waals surface area (Å²) in [5.74, 6) is 0.419. The Morgan fingerprint density at radius 1 is 1.10 bits per heavy atom. The number of aromatic nitrogens is 2. The third kappa shape index (κ3) is 4.52. The maximum absolute atomic E-state index is 11.1. The van der Waals surface area contributed by atoms with Crippen molar-refractivity contribution in [3.05, 3.63) is 40.6 Å². The van der Waals surface area contributed by atoms with Gasteiger partial charge >= 0.3 is 6.01 Å². The summed E-state index contributed by atoms with van der Waals surface area (Å²) in [6.07, 6.45) is 1.07. The molecule has 0 aliphatic rings. The number of hydrogen-bond donors (Lipinski definition) is 1. The average Bonchev–Trinajstić information content (AvgIpc) is 2.28. The topological polar surface area (TPSA) is 81.2 Å². The van der Waals surface area contributed by atoms with E-state index in [0.717, 1.165) is 6.26 Å². The molecule has 9 heteroatoms. The first-order chi connectivity index (χ1) is 9.32. The van der Waals surface area contributed by atoms with Gasteiger partial charge in [0.15, 0.2) is 0 Å². The second-order valence-electron chi connectivity index (χ2n) is 3.80. The Bertz CT molecular complexity index is 700. The van der Waals surface area contributed by atoms with Gasteiger partial charge in [0, 0.05) is 11.8 Å². The summed E-state index contributed by atoms with van der Waals surface area (Å²) in [5.41, 5.74) is 0.421. The highest BCUT2D eigenvalue weighted by Gasteiger charge is 2.06. The van der Waals surface area contributed by atoms with Crippen LogP contribution in [-0.4, -0.2) is 24.6 Å². The van der Waals surface area contributed by atoms with Crippen LogP contribution in [0.5, 0.6) is 11.8 Å². The van der Waals surface area contributed by atoms with Crippen LogP contribution < -0.4 is 9.46 Å². The molecule has 2 rings (SSSR count). The average molecular weight is 334 g/mol. The first kappa shape index (κ1) is 14.8. The Balaban J connectivity index is 2.14. The lowest BCUT2D eigenvalue weighted by Crippen LogP contribution is -2.09. The van der Waals surface area contributed by atoms with Crippen molar-refractivity contribution in [2.45, 2.75) is 0 Å². The summed E-state index contributed by atoms with van der Waals surface area (Å²) >= 11 is 11.4. The lowest BCUT2D eigenvalue weighted by molar-refractivity contribution is 0.442. The molecule has 0 aliphatic carbocycles. The van der Waals surface area contributed by atoms with Gasteiger partial charge in [0.05, 0.1) is 6.26 Å². The maximum Gasteiger partial charge on any atom is 0.324 e. The molecule has 2 aromatic rings. The molecule has 0 saturated carbocycles. The van der Waals surface area contributed by atoms with Crippen molar-refractivity contribution in [2.75, 3.05) is 11.0 Å². The molecular formula is C11H9Cl2N3O3S.